The van der Waals surface area contributed by atoms with Gasteiger partial charge in [0.1, 0.15) is 5.82 Å². The highest BCUT2D eigenvalue weighted by Gasteiger charge is 2.18. The van der Waals surface area contributed by atoms with Crippen molar-refractivity contribution < 1.29 is 4.79 Å². The number of fused-ring (bicyclic) bond motifs is 1. The molecule has 0 saturated carbocycles. The Balaban J connectivity index is 1.63. The third kappa shape index (κ3) is 3.71. The first kappa shape index (κ1) is 18.4. The molecule has 0 unspecified atom stereocenters. The molecular weight excluding hydrogens is 352 g/mol. The van der Waals surface area contributed by atoms with Crippen molar-refractivity contribution in [2.75, 3.05) is 18.0 Å². The number of carbonyl (C=O) groups excluding carboxylic acids is 1. The summed E-state index contributed by atoms with van der Waals surface area (Å²) in [4.78, 5) is 23.7. The lowest BCUT2D eigenvalue weighted by Gasteiger charge is -2.30. The van der Waals surface area contributed by atoms with E-state index < -0.39 is 0 Å². The van der Waals surface area contributed by atoms with E-state index in [4.69, 9.17) is 10.7 Å². The van der Waals surface area contributed by atoms with Gasteiger partial charge in [-0.05, 0) is 51.0 Å². The Morgan fingerprint density at radius 3 is 2.68 bits per heavy atom. The Morgan fingerprint density at radius 1 is 1.18 bits per heavy atom. The molecular formula is C21H26N6O. The maximum Gasteiger partial charge on any atom is 0.251 e. The maximum atomic E-state index is 12.3. The topological polar surface area (TPSA) is 89.1 Å². The number of anilines is 1. The summed E-state index contributed by atoms with van der Waals surface area (Å²) < 4.78 is 2.01. The van der Waals surface area contributed by atoms with Gasteiger partial charge in [-0.3, -0.25) is 14.3 Å². The highest BCUT2D eigenvalue weighted by Crippen LogP contribution is 2.23. The molecule has 3 aromatic rings. The number of nitrogens with two attached hydrogens (primary N) is 1. The smallest absolute Gasteiger partial charge is 0.251 e. The van der Waals surface area contributed by atoms with E-state index in [1.54, 1.807) is 12.4 Å². The zero-order chi connectivity index (χ0) is 19.7. The molecule has 1 saturated heterocycles. The molecule has 146 valence electrons. The summed E-state index contributed by atoms with van der Waals surface area (Å²) in [5, 5.41) is 3.92. The average Bonchev–Trinajstić information content (AvgIpc) is 3.11. The lowest BCUT2D eigenvalue weighted by molar-refractivity contribution is 0.0943. The van der Waals surface area contributed by atoms with Gasteiger partial charge in [-0.2, -0.15) is 0 Å². The van der Waals surface area contributed by atoms with Crippen molar-refractivity contribution in [1.29, 1.82) is 0 Å². The van der Waals surface area contributed by atoms with Crippen LogP contribution in [0.4, 0.5) is 5.82 Å². The maximum absolute atomic E-state index is 12.3. The van der Waals surface area contributed by atoms with Crippen molar-refractivity contribution in [1.82, 2.24) is 19.9 Å². The Kier molecular flexibility index (Phi) is 5.00. The van der Waals surface area contributed by atoms with E-state index in [0.29, 0.717) is 5.56 Å². The molecule has 1 aliphatic rings. The summed E-state index contributed by atoms with van der Waals surface area (Å²) in [6.07, 6.45) is 7.48. The fraction of sp³-hybridized carbons (Fsp3) is 0.381. The Morgan fingerprint density at radius 2 is 1.93 bits per heavy atom. The number of benzene rings is 1. The molecule has 1 fully saturated rings. The number of hydrogen-bond donors (Lipinski definition) is 2. The standard InChI is InChI=1S/C21H26N6O/c1-14(2)24-21(28)16-3-4-18-15(11-16)5-10-27(18)20-13-23-12-19(25-20)26-8-6-17(22)7-9-26/h3-5,10-14,17H,6-9,22H2,1-2H3,(H,24,28). The third-order valence-electron chi connectivity index (χ3n) is 5.09. The number of hydrogen-bond acceptors (Lipinski definition) is 5. The van der Waals surface area contributed by atoms with Crippen LogP contribution in [0.1, 0.15) is 37.0 Å². The van der Waals surface area contributed by atoms with E-state index in [1.807, 2.05) is 48.9 Å². The van der Waals surface area contributed by atoms with Crippen molar-refractivity contribution in [2.45, 2.75) is 38.8 Å². The zero-order valence-electron chi connectivity index (χ0n) is 16.3. The normalized spacial score (nSPS) is 15.4. The van der Waals surface area contributed by atoms with Gasteiger partial charge in [0, 0.05) is 42.3 Å². The van der Waals surface area contributed by atoms with Gasteiger partial charge in [0.2, 0.25) is 0 Å². The second-order valence-electron chi connectivity index (χ2n) is 7.65. The third-order valence-corrected chi connectivity index (χ3v) is 5.09. The molecule has 1 aromatic carbocycles. The van der Waals surface area contributed by atoms with Crippen LogP contribution in [-0.2, 0) is 0 Å². The highest BCUT2D eigenvalue weighted by molar-refractivity contribution is 5.98. The molecule has 0 spiro atoms. The number of carbonyl (C=O) groups is 1. The van der Waals surface area contributed by atoms with E-state index >= 15 is 0 Å². The van der Waals surface area contributed by atoms with E-state index in [-0.39, 0.29) is 18.0 Å². The highest BCUT2D eigenvalue weighted by atomic mass is 16.1. The van der Waals surface area contributed by atoms with Gasteiger partial charge in [0.05, 0.1) is 17.9 Å². The number of amides is 1. The Hall–Kier alpha value is -2.93. The van der Waals surface area contributed by atoms with Crippen LogP contribution in [0.25, 0.3) is 16.7 Å². The van der Waals surface area contributed by atoms with Crippen LogP contribution in [0.3, 0.4) is 0 Å². The van der Waals surface area contributed by atoms with Crippen molar-refractivity contribution in [2.24, 2.45) is 5.73 Å². The van der Waals surface area contributed by atoms with Gasteiger partial charge in [-0.1, -0.05) is 0 Å². The Bertz CT molecular complexity index is 987. The first-order valence-corrected chi connectivity index (χ1v) is 9.76. The quantitative estimate of drug-likeness (QED) is 0.728. The molecule has 0 bridgehead atoms. The molecule has 7 heteroatoms. The van der Waals surface area contributed by atoms with Crippen molar-refractivity contribution >= 4 is 22.6 Å². The molecule has 28 heavy (non-hydrogen) atoms. The summed E-state index contributed by atoms with van der Waals surface area (Å²) in [5.74, 6) is 1.58. The molecule has 3 heterocycles. The number of rotatable bonds is 4. The number of nitrogens with zero attached hydrogens (tertiary/aromatic N) is 4. The summed E-state index contributed by atoms with van der Waals surface area (Å²) >= 11 is 0. The largest absolute Gasteiger partial charge is 0.355 e. The van der Waals surface area contributed by atoms with Crippen LogP contribution in [-0.4, -0.2) is 45.6 Å². The lowest BCUT2D eigenvalue weighted by atomic mass is 10.1. The van der Waals surface area contributed by atoms with Crippen LogP contribution in [0.2, 0.25) is 0 Å². The van der Waals surface area contributed by atoms with Gasteiger partial charge >= 0.3 is 0 Å². The van der Waals surface area contributed by atoms with Crippen LogP contribution < -0.4 is 16.0 Å². The average molecular weight is 378 g/mol. The molecule has 1 amide bonds. The Labute approximate surface area is 164 Å². The van der Waals surface area contributed by atoms with E-state index in [1.165, 1.54) is 0 Å². The number of piperidine rings is 1. The van der Waals surface area contributed by atoms with Gasteiger partial charge in [0.25, 0.3) is 5.91 Å². The van der Waals surface area contributed by atoms with Crippen molar-refractivity contribution in [3.8, 4) is 5.82 Å². The molecule has 7 nitrogen and oxygen atoms in total. The van der Waals surface area contributed by atoms with E-state index in [9.17, 15) is 4.79 Å². The molecule has 0 atom stereocenters. The molecule has 4 rings (SSSR count). The lowest BCUT2D eigenvalue weighted by Crippen LogP contribution is -2.40. The van der Waals surface area contributed by atoms with Crippen LogP contribution >= 0.6 is 0 Å². The van der Waals surface area contributed by atoms with Crippen LogP contribution in [0, 0.1) is 0 Å². The molecule has 1 aliphatic heterocycles. The van der Waals surface area contributed by atoms with E-state index in [0.717, 1.165) is 48.5 Å². The van der Waals surface area contributed by atoms with Crippen LogP contribution in [0.15, 0.2) is 42.9 Å². The first-order chi connectivity index (χ1) is 13.5. The van der Waals surface area contributed by atoms with Crippen molar-refractivity contribution in [3.05, 3.63) is 48.4 Å². The number of aromatic nitrogens is 3. The summed E-state index contributed by atoms with van der Waals surface area (Å²) in [6.45, 7) is 5.71. The zero-order valence-corrected chi connectivity index (χ0v) is 16.3. The van der Waals surface area contributed by atoms with Gasteiger partial charge in [-0.15, -0.1) is 0 Å². The monoisotopic (exact) mass is 378 g/mol. The van der Waals surface area contributed by atoms with Gasteiger partial charge in [-0.25, -0.2) is 4.98 Å². The fourth-order valence-corrected chi connectivity index (χ4v) is 3.57. The SMILES string of the molecule is CC(C)NC(=O)c1ccc2c(ccn2-c2cncc(N3CCC(N)CC3)n2)c1. The van der Waals surface area contributed by atoms with Gasteiger partial charge in [0.15, 0.2) is 5.82 Å². The predicted octanol–water partition coefficient (Wildman–Crippen LogP) is 2.49. The second kappa shape index (κ2) is 7.59. The second-order valence-corrected chi connectivity index (χ2v) is 7.65. The minimum absolute atomic E-state index is 0.0604. The molecule has 0 aliphatic carbocycles. The predicted molar refractivity (Wildman–Crippen MR) is 111 cm³/mol. The molecule has 0 radical (unpaired) electrons. The van der Waals surface area contributed by atoms with Crippen molar-refractivity contribution in [3.63, 3.8) is 0 Å². The molecule has 3 N–H and O–H groups in total. The molecule has 2 aromatic heterocycles. The first-order valence-electron chi connectivity index (χ1n) is 9.76. The summed E-state index contributed by atoms with van der Waals surface area (Å²) in [5.41, 5.74) is 7.66. The summed E-state index contributed by atoms with van der Waals surface area (Å²) in [6, 6.07) is 8.10. The van der Waals surface area contributed by atoms with E-state index in [2.05, 4.69) is 15.2 Å². The minimum atomic E-state index is -0.0604. The van der Waals surface area contributed by atoms with Gasteiger partial charge < -0.3 is 16.0 Å². The fourth-order valence-electron chi connectivity index (χ4n) is 3.57. The summed E-state index contributed by atoms with van der Waals surface area (Å²) in [7, 11) is 0. The number of nitrogens with one attached hydrogen (secondary N) is 1. The minimum Gasteiger partial charge on any atom is -0.355 e. The van der Waals surface area contributed by atoms with Crippen LogP contribution in [0.5, 0.6) is 0 Å².